The van der Waals surface area contributed by atoms with Gasteiger partial charge in [0.15, 0.2) is 0 Å². The van der Waals surface area contributed by atoms with Crippen molar-refractivity contribution in [3.63, 3.8) is 0 Å². The standard InChI is InChI=1S/C76H46N6O2/c1-3-17-51(18-4-1)79(52-19-5-2-6-20-52)53-35-38-69-61(45-53)56-23-9-14-28-66(56)82(69)76-77-74(80-64-26-12-7-21-54(64)59-41-47(31-36-67(59)80)49-33-39-72-62(43-49)57-24-10-15-29-70(57)83-72)46-75(78-76)81-65-27-13-8-22-55(65)60-42-48(32-37-68(60)81)50-34-40-73-63(44-50)58-25-11-16-30-71(58)84-73/h1-46H. The van der Waals surface area contributed by atoms with Crippen molar-refractivity contribution in [3.05, 3.63) is 279 Å². The van der Waals surface area contributed by atoms with Crippen LogP contribution in [0, 0.1) is 0 Å². The summed E-state index contributed by atoms with van der Waals surface area (Å²) in [6, 6.07) is 99.3. The van der Waals surface area contributed by atoms with Crippen molar-refractivity contribution >= 4 is 126 Å². The third kappa shape index (κ3) is 7.01. The molecule has 8 nitrogen and oxygen atoms in total. The Labute approximate surface area is 480 Å². The van der Waals surface area contributed by atoms with Crippen molar-refractivity contribution in [2.45, 2.75) is 0 Å². The second kappa shape index (κ2) is 18.0. The number of nitrogens with zero attached hydrogens (tertiary/aromatic N) is 6. The van der Waals surface area contributed by atoms with Crippen LogP contribution in [0.15, 0.2) is 288 Å². The van der Waals surface area contributed by atoms with Gasteiger partial charge in [-0.1, -0.05) is 152 Å². The molecule has 0 aliphatic rings. The maximum absolute atomic E-state index is 6.26. The molecule has 18 rings (SSSR count). The van der Waals surface area contributed by atoms with Gasteiger partial charge in [-0.05, 0) is 144 Å². The summed E-state index contributed by atoms with van der Waals surface area (Å²) in [5.41, 5.74) is 17.3. The van der Waals surface area contributed by atoms with Crippen molar-refractivity contribution in [2.75, 3.05) is 4.90 Å². The van der Waals surface area contributed by atoms with Crippen LogP contribution in [0.1, 0.15) is 0 Å². The number of para-hydroxylation sites is 7. The van der Waals surface area contributed by atoms with E-state index >= 15 is 0 Å². The van der Waals surface area contributed by atoms with Crippen LogP contribution in [0.4, 0.5) is 17.1 Å². The van der Waals surface area contributed by atoms with Crippen LogP contribution >= 0.6 is 0 Å². The molecule has 0 aliphatic carbocycles. The van der Waals surface area contributed by atoms with Crippen LogP contribution in [-0.2, 0) is 0 Å². The average molecular weight is 1080 g/mol. The Morgan fingerprint density at radius 2 is 0.583 bits per heavy atom. The minimum Gasteiger partial charge on any atom is -0.456 e. The molecule has 6 heterocycles. The molecule has 0 saturated carbocycles. The van der Waals surface area contributed by atoms with E-state index in [1.165, 1.54) is 0 Å². The van der Waals surface area contributed by atoms with Gasteiger partial charge in [0.25, 0.3) is 0 Å². The number of aromatic nitrogens is 5. The Morgan fingerprint density at radius 3 is 1.07 bits per heavy atom. The van der Waals surface area contributed by atoms with E-state index in [4.69, 9.17) is 18.8 Å². The monoisotopic (exact) mass is 1070 g/mol. The molecule has 0 aliphatic heterocycles. The fourth-order valence-electron chi connectivity index (χ4n) is 13.3. The Kier molecular flexibility index (Phi) is 9.93. The molecule has 0 radical (unpaired) electrons. The van der Waals surface area contributed by atoms with E-state index in [0.717, 1.165) is 160 Å². The highest BCUT2D eigenvalue weighted by Gasteiger charge is 2.24. The van der Waals surface area contributed by atoms with E-state index in [0.29, 0.717) is 5.95 Å². The number of fused-ring (bicyclic) bond motifs is 15. The fourth-order valence-corrected chi connectivity index (χ4v) is 13.3. The fraction of sp³-hybridized carbons (Fsp3) is 0. The molecule has 0 spiro atoms. The number of furan rings is 2. The summed E-state index contributed by atoms with van der Waals surface area (Å²) >= 11 is 0. The second-order valence-electron chi connectivity index (χ2n) is 21.7. The van der Waals surface area contributed by atoms with Crippen LogP contribution in [-0.4, -0.2) is 23.7 Å². The van der Waals surface area contributed by atoms with Gasteiger partial charge < -0.3 is 13.7 Å². The van der Waals surface area contributed by atoms with E-state index in [-0.39, 0.29) is 0 Å². The molecule has 12 aromatic carbocycles. The van der Waals surface area contributed by atoms with E-state index in [2.05, 4.69) is 273 Å². The number of rotatable bonds is 8. The van der Waals surface area contributed by atoms with Gasteiger partial charge in [0, 0.05) is 77.0 Å². The number of hydrogen-bond acceptors (Lipinski definition) is 5. The summed E-state index contributed by atoms with van der Waals surface area (Å²) < 4.78 is 19.4. The summed E-state index contributed by atoms with van der Waals surface area (Å²) in [5, 5.41) is 11.1. The summed E-state index contributed by atoms with van der Waals surface area (Å²) in [5.74, 6) is 2.03. The zero-order valence-electron chi connectivity index (χ0n) is 45.1. The molecule has 0 unspecified atom stereocenters. The summed E-state index contributed by atoms with van der Waals surface area (Å²) in [6.45, 7) is 0. The molecule has 0 bridgehead atoms. The van der Waals surface area contributed by atoms with Gasteiger partial charge in [0.05, 0.1) is 33.1 Å². The van der Waals surface area contributed by atoms with E-state index in [1.54, 1.807) is 0 Å². The van der Waals surface area contributed by atoms with Gasteiger partial charge in [0.1, 0.15) is 34.0 Å². The SMILES string of the molecule is c1ccc(N(c2ccccc2)c2ccc3c(c2)c2ccccc2n3-c2nc(-n3c4ccccc4c4cc(-c5ccc6oc7ccccc7c6c5)ccc43)cc(-n3c4ccccc4c4cc(-c5ccc6oc7ccccc7c6c5)ccc43)n2)cc1. The van der Waals surface area contributed by atoms with Crippen LogP contribution < -0.4 is 4.90 Å². The number of hydrogen-bond donors (Lipinski definition) is 0. The molecule has 84 heavy (non-hydrogen) atoms. The van der Waals surface area contributed by atoms with Crippen LogP contribution in [0.2, 0.25) is 0 Å². The minimum absolute atomic E-state index is 0.552. The van der Waals surface area contributed by atoms with Gasteiger partial charge in [-0.15, -0.1) is 0 Å². The maximum Gasteiger partial charge on any atom is 0.238 e. The maximum atomic E-state index is 6.26. The van der Waals surface area contributed by atoms with Crippen molar-refractivity contribution < 1.29 is 8.83 Å². The third-order valence-corrected chi connectivity index (χ3v) is 17.1. The Bertz CT molecular complexity index is 5420. The molecule has 0 atom stereocenters. The Hall–Kier alpha value is -11.5. The van der Waals surface area contributed by atoms with Crippen molar-refractivity contribution in [1.29, 1.82) is 0 Å². The predicted molar refractivity (Wildman–Crippen MR) is 345 cm³/mol. The normalized spacial score (nSPS) is 12.0. The van der Waals surface area contributed by atoms with Crippen molar-refractivity contribution in [1.82, 2.24) is 23.7 Å². The molecule has 0 amide bonds. The molecule has 0 saturated heterocycles. The lowest BCUT2D eigenvalue weighted by molar-refractivity contribution is 0.668. The van der Waals surface area contributed by atoms with Crippen LogP contribution in [0.5, 0.6) is 0 Å². The highest BCUT2D eigenvalue weighted by Crippen LogP contribution is 2.43. The van der Waals surface area contributed by atoms with Gasteiger partial charge >= 0.3 is 0 Å². The Morgan fingerprint density at radius 1 is 0.238 bits per heavy atom. The highest BCUT2D eigenvalue weighted by atomic mass is 16.3. The molecular formula is C76H46N6O2. The first-order valence-electron chi connectivity index (χ1n) is 28.4. The quantitative estimate of drug-likeness (QED) is 0.152. The average Bonchev–Trinajstić information content (AvgIpc) is 4.23. The minimum atomic E-state index is 0.552. The highest BCUT2D eigenvalue weighted by molar-refractivity contribution is 6.14. The molecule has 6 aromatic heterocycles. The lowest BCUT2D eigenvalue weighted by atomic mass is 10.0. The largest absolute Gasteiger partial charge is 0.456 e. The second-order valence-corrected chi connectivity index (χ2v) is 21.7. The first-order valence-corrected chi connectivity index (χ1v) is 28.4. The zero-order valence-corrected chi connectivity index (χ0v) is 45.1. The van der Waals surface area contributed by atoms with Gasteiger partial charge in [-0.2, -0.15) is 9.97 Å². The van der Waals surface area contributed by atoms with Gasteiger partial charge in [-0.3, -0.25) is 13.7 Å². The zero-order chi connectivity index (χ0) is 55.0. The summed E-state index contributed by atoms with van der Waals surface area (Å²) in [7, 11) is 0. The van der Waals surface area contributed by atoms with E-state index < -0.39 is 0 Å². The lowest BCUT2D eigenvalue weighted by Crippen LogP contribution is -2.10. The summed E-state index contributed by atoms with van der Waals surface area (Å²) in [4.78, 5) is 13.8. The smallest absolute Gasteiger partial charge is 0.238 e. The number of benzene rings is 12. The summed E-state index contributed by atoms with van der Waals surface area (Å²) in [6.07, 6.45) is 0. The van der Waals surface area contributed by atoms with E-state index in [9.17, 15) is 0 Å². The first-order chi connectivity index (χ1) is 41.6. The molecule has 0 fully saturated rings. The third-order valence-electron chi connectivity index (χ3n) is 17.1. The molecule has 8 heteroatoms. The molecule has 392 valence electrons. The van der Waals surface area contributed by atoms with Crippen LogP contribution in [0.25, 0.3) is 149 Å². The predicted octanol–water partition coefficient (Wildman–Crippen LogP) is 20.4. The van der Waals surface area contributed by atoms with Crippen LogP contribution in [0.3, 0.4) is 0 Å². The van der Waals surface area contributed by atoms with Gasteiger partial charge in [0.2, 0.25) is 5.95 Å². The molecule has 0 N–H and O–H groups in total. The Balaban J connectivity index is 0.874. The molecular weight excluding hydrogens is 1030 g/mol. The topological polar surface area (TPSA) is 70.1 Å². The number of anilines is 3. The van der Waals surface area contributed by atoms with Gasteiger partial charge in [-0.25, -0.2) is 0 Å². The van der Waals surface area contributed by atoms with Crippen molar-refractivity contribution in [2.24, 2.45) is 0 Å². The van der Waals surface area contributed by atoms with Crippen molar-refractivity contribution in [3.8, 4) is 39.8 Å². The van der Waals surface area contributed by atoms with E-state index in [1.807, 2.05) is 24.3 Å². The molecule has 18 aromatic rings. The lowest BCUT2D eigenvalue weighted by Gasteiger charge is -2.25. The first kappa shape index (κ1) is 46.3.